The molecular formula is C15H14FNO2. The van der Waals surface area contributed by atoms with Crippen molar-refractivity contribution in [2.75, 3.05) is 0 Å². The van der Waals surface area contributed by atoms with Gasteiger partial charge in [0, 0.05) is 24.6 Å². The second-order valence-corrected chi connectivity index (χ2v) is 4.35. The van der Waals surface area contributed by atoms with Crippen LogP contribution in [0.2, 0.25) is 0 Å². The molecule has 2 aromatic rings. The molecule has 0 saturated heterocycles. The van der Waals surface area contributed by atoms with Gasteiger partial charge in [0.05, 0.1) is 6.20 Å². The average molecular weight is 259 g/mol. The Morgan fingerprint density at radius 3 is 2.74 bits per heavy atom. The maximum Gasteiger partial charge on any atom is 0.308 e. The van der Waals surface area contributed by atoms with E-state index in [1.165, 1.54) is 19.2 Å². The molecule has 0 N–H and O–H groups in total. The molecule has 0 amide bonds. The van der Waals surface area contributed by atoms with Crippen LogP contribution in [0.4, 0.5) is 4.39 Å². The Labute approximate surface area is 111 Å². The number of aryl methyl sites for hydroxylation is 1. The lowest BCUT2D eigenvalue weighted by atomic mass is 10.1. The van der Waals surface area contributed by atoms with E-state index in [4.69, 9.17) is 4.74 Å². The predicted octanol–water partition coefficient (Wildman–Crippen LogP) is 3.05. The van der Waals surface area contributed by atoms with E-state index in [9.17, 15) is 9.18 Å². The third-order valence-corrected chi connectivity index (χ3v) is 2.63. The van der Waals surface area contributed by atoms with E-state index in [1.807, 2.05) is 19.1 Å². The molecule has 0 aliphatic rings. The summed E-state index contributed by atoms with van der Waals surface area (Å²) in [6, 6.07) is 8.55. The molecular weight excluding hydrogens is 245 g/mol. The van der Waals surface area contributed by atoms with Crippen molar-refractivity contribution >= 4 is 5.97 Å². The zero-order chi connectivity index (χ0) is 13.8. The molecule has 1 aromatic carbocycles. The maximum atomic E-state index is 12.8. The maximum absolute atomic E-state index is 12.8. The lowest BCUT2D eigenvalue weighted by Crippen LogP contribution is -2.05. The van der Waals surface area contributed by atoms with Crippen LogP contribution in [-0.2, 0) is 11.2 Å². The molecule has 1 heterocycles. The molecule has 1 aromatic heterocycles. The van der Waals surface area contributed by atoms with Crippen molar-refractivity contribution in [2.24, 2.45) is 0 Å². The van der Waals surface area contributed by atoms with Crippen molar-refractivity contribution in [2.45, 2.75) is 20.3 Å². The summed E-state index contributed by atoms with van der Waals surface area (Å²) in [5.41, 5.74) is 2.64. The van der Waals surface area contributed by atoms with Crippen LogP contribution in [0.5, 0.6) is 5.75 Å². The van der Waals surface area contributed by atoms with Crippen LogP contribution in [0.25, 0.3) is 0 Å². The minimum absolute atomic E-state index is 0.364. The molecule has 0 spiro atoms. The first-order valence-corrected chi connectivity index (χ1v) is 5.93. The number of ether oxygens (including phenoxy) is 1. The van der Waals surface area contributed by atoms with Crippen molar-refractivity contribution in [1.29, 1.82) is 0 Å². The van der Waals surface area contributed by atoms with E-state index < -0.39 is 0 Å². The molecule has 0 bridgehead atoms. The molecule has 0 aliphatic heterocycles. The summed E-state index contributed by atoms with van der Waals surface area (Å²) in [5.74, 6) is -0.213. The van der Waals surface area contributed by atoms with Crippen molar-refractivity contribution < 1.29 is 13.9 Å². The number of pyridine rings is 1. The van der Waals surface area contributed by atoms with Crippen LogP contribution in [-0.4, -0.2) is 11.0 Å². The molecule has 0 atom stereocenters. The fraction of sp³-hybridized carbons (Fsp3) is 0.200. The first-order valence-electron chi connectivity index (χ1n) is 5.93. The Morgan fingerprint density at radius 1 is 1.32 bits per heavy atom. The number of rotatable bonds is 3. The second kappa shape index (κ2) is 5.61. The van der Waals surface area contributed by atoms with E-state index in [-0.39, 0.29) is 11.8 Å². The predicted molar refractivity (Wildman–Crippen MR) is 69.5 cm³/mol. The Bertz CT molecular complexity index is 594. The molecule has 2 rings (SSSR count). The van der Waals surface area contributed by atoms with E-state index in [0.29, 0.717) is 12.2 Å². The van der Waals surface area contributed by atoms with Crippen LogP contribution in [0.1, 0.15) is 23.7 Å². The zero-order valence-corrected chi connectivity index (χ0v) is 10.8. The summed E-state index contributed by atoms with van der Waals surface area (Å²) in [6.07, 6.45) is 1.67. The molecule has 0 unspecified atom stereocenters. The van der Waals surface area contributed by atoms with Gasteiger partial charge in [-0.1, -0.05) is 17.7 Å². The molecule has 0 fully saturated rings. The van der Waals surface area contributed by atoms with Gasteiger partial charge < -0.3 is 4.74 Å². The highest BCUT2D eigenvalue weighted by Gasteiger charge is 2.08. The number of halogens is 1. The fourth-order valence-corrected chi connectivity index (χ4v) is 1.81. The largest absolute Gasteiger partial charge is 0.426 e. The van der Waals surface area contributed by atoms with Gasteiger partial charge in [-0.2, -0.15) is 0 Å². The number of hydrogen-bond acceptors (Lipinski definition) is 3. The topological polar surface area (TPSA) is 39.2 Å². The lowest BCUT2D eigenvalue weighted by Gasteiger charge is -2.09. The third-order valence-electron chi connectivity index (χ3n) is 2.63. The van der Waals surface area contributed by atoms with Crippen LogP contribution in [0.3, 0.4) is 0 Å². The highest BCUT2D eigenvalue weighted by atomic mass is 19.1. The summed E-state index contributed by atoms with van der Waals surface area (Å²) in [4.78, 5) is 15.1. The number of nitrogens with zero attached hydrogens (tertiary/aromatic N) is 1. The zero-order valence-electron chi connectivity index (χ0n) is 10.8. The van der Waals surface area contributed by atoms with E-state index in [2.05, 4.69) is 4.98 Å². The smallest absolute Gasteiger partial charge is 0.308 e. The quantitative estimate of drug-likeness (QED) is 0.628. The number of aromatic nitrogens is 1. The normalized spacial score (nSPS) is 10.3. The Kier molecular flexibility index (Phi) is 3.90. The Morgan fingerprint density at radius 2 is 2.11 bits per heavy atom. The van der Waals surface area contributed by atoms with Gasteiger partial charge in [0.1, 0.15) is 11.6 Å². The fourth-order valence-electron chi connectivity index (χ4n) is 1.81. The Hall–Kier alpha value is -2.23. The van der Waals surface area contributed by atoms with Gasteiger partial charge in [-0.15, -0.1) is 0 Å². The number of esters is 1. The van der Waals surface area contributed by atoms with Gasteiger partial charge in [-0.05, 0) is 25.1 Å². The van der Waals surface area contributed by atoms with Gasteiger partial charge in [-0.3, -0.25) is 9.78 Å². The van der Waals surface area contributed by atoms with Crippen molar-refractivity contribution in [1.82, 2.24) is 4.98 Å². The van der Waals surface area contributed by atoms with Gasteiger partial charge in [0.15, 0.2) is 0 Å². The highest BCUT2D eigenvalue weighted by Crippen LogP contribution is 2.22. The molecule has 0 aliphatic carbocycles. The second-order valence-electron chi connectivity index (χ2n) is 4.35. The van der Waals surface area contributed by atoms with E-state index in [1.54, 1.807) is 12.1 Å². The van der Waals surface area contributed by atoms with Crippen LogP contribution < -0.4 is 4.74 Å². The van der Waals surface area contributed by atoms with Crippen molar-refractivity contribution in [3.8, 4) is 5.75 Å². The number of benzene rings is 1. The van der Waals surface area contributed by atoms with Crippen LogP contribution >= 0.6 is 0 Å². The van der Waals surface area contributed by atoms with Crippen LogP contribution in [0, 0.1) is 12.7 Å². The Balaban J connectivity index is 2.29. The summed E-state index contributed by atoms with van der Waals surface area (Å²) < 4.78 is 18.0. The summed E-state index contributed by atoms with van der Waals surface area (Å²) >= 11 is 0. The average Bonchev–Trinajstić information content (AvgIpc) is 2.35. The molecule has 3 nitrogen and oxygen atoms in total. The van der Waals surface area contributed by atoms with E-state index in [0.717, 1.165) is 16.8 Å². The molecule has 19 heavy (non-hydrogen) atoms. The summed E-state index contributed by atoms with van der Waals surface area (Å²) in [6.45, 7) is 3.32. The van der Waals surface area contributed by atoms with Crippen molar-refractivity contribution in [3.05, 3.63) is 59.2 Å². The summed E-state index contributed by atoms with van der Waals surface area (Å²) in [7, 11) is 0. The number of carbonyl (C=O) groups excluding carboxylic acids is 1. The van der Waals surface area contributed by atoms with Gasteiger partial charge in [0.2, 0.25) is 0 Å². The van der Waals surface area contributed by atoms with Gasteiger partial charge in [-0.25, -0.2) is 4.39 Å². The minimum atomic E-state index is -0.367. The molecule has 0 saturated carbocycles. The lowest BCUT2D eigenvalue weighted by molar-refractivity contribution is -0.131. The molecule has 98 valence electrons. The van der Waals surface area contributed by atoms with Crippen molar-refractivity contribution in [3.63, 3.8) is 0 Å². The SMILES string of the molecule is CC(=O)Oc1ccc(C)cc1Cc1ccc(F)cn1. The molecule has 4 heteroatoms. The minimum Gasteiger partial charge on any atom is -0.426 e. The van der Waals surface area contributed by atoms with Crippen LogP contribution in [0.15, 0.2) is 36.5 Å². The standard InChI is InChI=1S/C15H14FNO2/c1-10-3-6-15(19-11(2)18)12(7-10)8-14-5-4-13(16)9-17-14/h3-7,9H,8H2,1-2H3. The first kappa shape index (κ1) is 13.2. The summed E-state index contributed by atoms with van der Waals surface area (Å²) in [5, 5.41) is 0. The highest BCUT2D eigenvalue weighted by molar-refractivity contribution is 5.70. The first-order chi connectivity index (χ1) is 9.04. The third kappa shape index (κ3) is 3.61. The van der Waals surface area contributed by atoms with E-state index >= 15 is 0 Å². The van der Waals surface area contributed by atoms with Gasteiger partial charge >= 0.3 is 5.97 Å². The van der Waals surface area contributed by atoms with Gasteiger partial charge in [0.25, 0.3) is 0 Å². The molecule has 0 radical (unpaired) electrons. The monoisotopic (exact) mass is 259 g/mol. The number of hydrogen-bond donors (Lipinski definition) is 0. The number of carbonyl (C=O) groups is 1.